The zero-order chi connectivity index (χ0) is 32.6. The van der Waals surface area contributed by atoms with E-state index in [1.807, 2.05) is 18.2 Å². The van der Waals surface area contributed by atoms with E-state index in [0.29, 0.717) is 66.0 Å². The Hall–Kier alpha value is -5.29. The molecule has 11 heteroatoms. The summed E-state index contributed by atoms with van der Waals surface area (Å²) in [5.41, 5.74) is 1.27. The molecule has 0 unspecified atom stereocenters. The van der Waals surface area contributed by atoms with E-state index in [1.165, 1.54) is 12.7 Å². The Kier molecular flexibility index (Phi) is 9.72. The van der Waals surface area contributed by atoms with Crippen molar-refractivity contribution in [1.29, 1.82) is 0 Å². The molecule has 5 aliphatic rings. The number of hydrogen-bond donors (Lipinski definition) is 2. The summed E-state index contributed by atoms with van der Waals surface area (Å²) >= 11 is 0. The van der Waals surface area contributed by atoms with Gasteiger partial charge in [-0.05, 0) is 72.3 Å². The fourth-order valence-corrected chi connectivity index (χ4v) is 5.75. The number of rotatable bonds is 4. The van der Waals surface area contributed by atoms with E-state index in [4.69, 9.17) is 23.7 Å². The lowest BCUT2D eigenvalue weighted by Crippen LogP contribution is -2.57. The third-order valence-electron chi connectivity index (χ3n) is 8.38. The standard InChI is InChI=1S/C36H38N4O7/c1-43-31-10-4-26-21-33(31)46-30-5-3-27(32(22-30)44-2)23-39-35(42)36(13-18-40(19-14-36)24-25-11-15-37-16-12-25)47-29-8-6-28(7-9-29)45-20-17-38-34(26)41/h3-12,15-16,21-22H,13-14,17-20,23-24H2,1-2H3,(H,38,41)(H,39,42). The minimum atomic E-state index is -1.07. The Balaban J connectivity index is 1.27. The monoisotopic (exact) mass is 638 g/mol. The van der Waals surface area contributed by atoms with E-state index in [-0.39, 0.29) is 31.5 Å². The number of aromatic nitrogens is 1. The third-order valence-corrected chi connectivity index (χ3v) is 8.38. The maximum atomic E-state index is 14.0. The number of carbonyl (C=O) groups excluding carboxylic acids is 2. The van der Waals surface area contributed by atoms with Gasteiger partial charge < -0.3 is 34.3 Å². The van der Waals surface area contributed by atoms with Gasteiger partial charge in [-0.2, -0.15) is 0 Å². The Bertz CT molecular complexity index is 1690. The highest BCUT2D eigenvalue weighted by Gasteiger charge is 2.44. The van der Waals surface area contributed by atoms with Crippen molar-refractivity contribution >= 4 is 11.8 Å². The van der Waals surface area contributed by atoms with Crippen LogP contribution in [0.1, 0.15) is 34.3 Å². The molecule has 3 aromatic carbocycles. The van der Waals surface area contributed by atoms with E-state index in [2.05, 4.69) is 20.5 Å². The van der Waals surface area contributed by atoms with Gasteiger partial charge in [0.1, 0.15) is 29.6 Å². The van der Waals surface area contributed by atoms with E-state index in [1.54, 1.807) is 74.1 Å². The highest BCUT2D eigenvalue weighted by molar-refractivity contribution is 5.95. The first-order valence-electron chi connectivity index (χ1n) is 15.6. The van der Waals surface area contributed by atoms with Crippen LogP contribution in [-0.4, -0.2) is 67.8 Å². The van der Waals surface area contributed by atoms with Crippen molar-refractivity contribution in [3.05, 3.63) is 102 Å². The van der Waals surface area contributed by atoms with Crippen LogP contribution in [-0.2, 0) is 17.9 Å². The first kappa shape index (κ1) is 31.7. The van der Waals surface area contributed by atoms with Crippen molar-refractivity contribution < 1.29 is 33.3 Å². The maximum absolute atomic E-state index is 14.0. The average molecular weight is 639 g/mol. The van der Waals surface area contributed by atoms with Crippen LogP contribution in [0.15, 0.2) is 85.2 Å². The molecule has 6 bridgehead atoms. The van der Waals surface area contributed by atoms with Crippen LogP contribution in [0.5, 0.6) is 34.5 Å². The minimum absolute atomic E-state index is 0.191. The number of methoxy groups -OCH3 is 2. The molecular weight excluding hydrogens is 600 g/mol. The molecular formula is C36H38N4O7. The van der Waals surface area contributed by atoms with Crippen LogP contribution in [0.2, 0.25) is 0 Å². The number of likely N-dealkylation sites (tertiary alicyclic amines) is 1. The van der Waals surface area contributed by atoms with E-state index < -0.39 is 5.60 Å². The Morgan fingerprint density at radius 2 is 1.55 bits per heavy atom. The van der Waals surface area contributed by atoms with Crippen LogP contribution in [0.25, 0.3) is 0 Å². The average Bonchev–Trinajstić information content (AvgIpc) is 3.11. The summed E-state index contributed by atoms with van der Waals surface area (Å²) < 4.78 is 29.7. The fourth-order valence-electron chi connectivity index (χ4n) is 5.75. The van der Waals surface area contributed by atoms with Gasteiger partial charge in [-0.15, -0.1) is 0 Å². The number of pyridine rings is 1. The molecule has 2 N–H and O–H groups in total. The molecule has 11 nitrogen and oxygen atoms in total. The summed E-state index contributed by atoms with van der Waals surface area (Å²) in [6.45, 7) is 2.91. The third kappa shape index (κ3) is 7.58. The Morgan fingerprint density at radius 3 is 2.30 bits per heavy atom. The van der Waals surface area contributed by atoms with Crippen molar-refractivity contribution in [2.24, 2.45) is 0 Å². The van der Waals surface area contributed by atoms with Crippen LogP contribution >= 0.6 is 0 Å². The summed E-state index contributed by atoms with van der Waals surface area (Å²) in [5, 5.41) is 5.99. The van der Waals surface area contributed by atoms with Crippen molar-refractivity contribution in [3.63, 3.8) is 0 Å². The van der Waals surface area contributed by atoms with Crippen molar-refractivity contribution in [2.75, 3.05) is 40.5 Å². The quantitative estimate of drug-likeness (QED) is 0.327. The number of piperidine rings is 1. The molecule has 1 aromatic heterocycles. The highest BCUT2D eigenvalue weighted by atomic mass is 16.5. The molecule has 2 amide bonds. The van der Waals surface area contributed by atoms with Gasteiger partial charge >= 0.3 is 0 Å². The molecule has 4 aromatic rings. The van der Waals surface area contributed by atoms with Crippen molar-refractivity contribution in [2.45, 2.75) is 31.5 Å². The molecule has 5 aliphatic heterocycles. The van der Waals surface area contributed by atoms with E-state index in [0.717, 1.165) is 12.1 Å². The lowest BCUT2D eigenvalue weighted by atomic mass is 9.89. The second-order valence-corrected chi connectivity index (χ2v) is 11.4. The number of nitrogens with zero attached hydrogens (tertiary/aromatic N) is 2. The van der Waals surface area contributed by atoms with Crippen LogP contribution in [0.3, 0.4) is 0 Å². The van der Waals surface area contributed by atoms with Crippen molar-refractivity contribution in [3.8, 4) is 34.5 Å². The first-order valence-corrected chi connectivity index (χ1v) is 15.6. The molecule has 1 saturated heterocycles. The van der Waals surface area contributed by atoms with Gasteiger partial charge in [-0.3, -0.25) is 19.5 Å². The number of carbonyl (C=O) groups is 2. The van der Waals surface area contributed by atoms with Gasteiger partial charge in [-0.1, -0.05) is 0 Å². The molecule has 47 heavy (non-hydrogen) atoms. The Labute approximate surface area is 273 Å². The maximum Gasteiger partial charge on any atom is 0.264 e. The topological polar surface area (TPSA) is 120 Å². The van der Waals surface area contributed by atoms with Gasteiger partial charge in [0.15, 0.2) is 17.1 Å². The largest absolute Gasteiger partial charge is 0.496 e. The molecule has 0 aliphatic carbocycles. The first-order chi connectivity index (χ1) is 22.9. The highest BCUT2D eigenvalue weighted by Crippen LogP contribution is 2.36. The summed E-state index contributed by atoms with van der Waals surface area (Å²) in [6.07, 6.45) is 4.60. The molecule has 244 valence electrons. The summed E-state index contributed by atoms with van der Waals surface area (Å²) in [4.78, 5) is 33.4. The lowest BCUT2D eigenvalue weighted by molar-refractivity contribution is -0.141. The van der Waals surface area contributed by atoms with Crippen LogP contribution in [0.4, 0.5) is 0 Å². The molecule has 1 spiro atoms. The summed E-state index contributed by atoms with van der Waals surface area (Å²) in [7, 11) is 3.10. The van der Waals surface area contributed by atoms with Gasteiger partial charge in [0.2, 0.25) is 0 Å². The smallest absolute Gasteiger partial charge is 0.264 e. The van der Waals surface area contributed by atoms with Gasteiger partial charge in [-0.25, -0.2) is 0 Å². The van der Waals surface area contributed by atoms with Gasteiger partial charge in [0.25, 0.3) is 11.8 Å². The summed E-state index contributed by atoms with van der Waals surface area (Å²) in [5.74, 6) is 2.58. The number of amides is 2. The van der Waals surface area contributed by atoms with Crippen molar-refractivity contribution in [1.82, 2.24) is 20.5 Å². The number of hydrogen-bond acceptors (Lipinski definition) is 9. The number of ether oxygens (including phenoxy) is 5. The number of benzene rings is 3. The zero-order valence-corrected chi connectivity index (χ0v) is 26.5. The lowest BCUT2D eigenvalue weighted by Gasteiger charge is -2.40. The van der Waals surface area contributed by atoms with Crippen LogP contribution < -0.4 is 34.3 Å². The molecule has 6 heterocycles. The molecule has 1 fully saturated rings. The molecule has 0 radical (unpaired) electrons. The van der Waals surface area contributed by atoms with Gasteiger partial charge in [0.05, 0.1) is 20.8 Å². The van der Waals surface area contributed by atoms with Gasteiger partial charge in [0, 0.05) is 68.6 Å². The fraction of sp³-hybridized carbons (Fsp3) is 0.306. The van der Waals surface area contributed by atoms with Crippen LogP contribution in [0, 0.1) is 0 Å². The minimum Gasteiger partial charge on any atom is -0.496 e. The second kappa shape index (κ2) is 14.4. The van der Waals surface area contributed by atoms with E-state index >= 15 is 0 Å². The molecule has 9 rings (SSSR count). The second-order valence-electron chi connectivity index (χ2n) is 11.4. The normalized spacial score (nSPS) is 16.8. The Morgan fingerprint density at radius 1 is 0.830 bits per heavy atom. The predicted octanol–water partition coefficient (Wildman–Crippen LogP) is 4.74. The zero-order valence-electron chi connectivity index (χ0n) is 26.5. The predicted molar refractivity (Wildman–Crippen MR) is 174 cm³/mol. The number of nitrogens with one attached hydrogen (secondary N) is 2. The molecule has 0 saturated carbocycles. The molecule has 0 atom stereocenters. The summed E-state index contributed by atoms with van der Waals surface area (Å²) in [6, 6.07) is 21.6. The van der Waals surface area contributed by atoms with E-state index in [9.17, 15) is 9.59 Å². The SMILES string of the molecule is COc1cc2ccc1CNC(=O)C1(CCN(Cc3ccncc3)CC1)Oc1ccc(cc1)OCCNC(=O)c1ccc(OC)c(c1)O2.